The monoisotopic (exact) mass is 430 g/mol. The SMILES string of the molecule is CS(=O)(=O)Nc1cc(F)c(C(=O)C2CNc3ncc(-c4cccnc4)cc32)c(F)c1. The van der Waals surface area contributed by atoms with E-state index in [0.29, 0.717) is 11.4 Å². The Kier molecular flexibility index (Phi) is 4.94. The summed E-state index contributed by atoms with van der Waals surface area (Å²) in [6.07, 6.45) is 5.76. The van der Waals surface area contributed by atoms with E-state index in [9.17, 15) is 22.0 Å². The van der Waals surface area contributed by atoms with Crippen LogP contribution >= 0.6 is 0 Å². The molecule has 4 rings (SSSR count). The highest BCUT2D eigenvalue weighted by Crippen LogP contribution is 2.36. The second-order valence-electron chi connectivity index (χ2n) is 6.89. The second kappa shape index (κ2) is 7.45. The lowest BCUT2D eigenvalue weighted by molar-refractivity contribution is 0.0958. The van der Waals surface area contributed by atoms with Crippen molar-refractivity contribution in [3.63, 3.8) is 0 Å². The van der Waals surface area contributed by atoms with Crippen molar-refractivity contribution < 1.29 is 22.0 Å². The molecule has 2 N–H and O–H groups in total. The van der Waals surface area contributed by atoms with Crippen LogP contribution in [0.4, 0.5) is 20.3 Å². The zero-order valence-electron chi connectivity index (χ0n) is 15.7. The summed E-state index contributed by atoms with van der Waals surface area (Å²) in [6.45, 7) is 0.139. The highest BCUT2D eigenvalue weighted by Gasteiger charge is 2.34. The van der Waals surface area contributed by atoms with Gasteiger partial charge in [0, 0.05) is 41.8 Å². The summed E-state index contributed by atoms with van der Waals surface area (Å²) in [6, 6.07) is 6.91. The summed E-state index contributed by atoms with van der Waals surface area (Å²) in [5.74, 6) is -3.42. The van der Waals surface area contributed by atoms with Crippen molar-refractivity contribution in [1.29, 1.82) is 0 Å². The molecule has 0 amide bonds. The van der Waals surface area contributed by atoms with Crippen molar-refractivity contribution in [2.75, 3.05) is 22.8 Å². The molecule has 7 nitrogen and oxygen atoms in total. The normalized spacial score (nSPS) is 15.4. The molecule has 3 heterocycles. The summed E-state index contributed by atoms with van der Waals surface area (Å²) in [5.41, 5.74) is 1.02. The van der Waals surface area contributed by atoms with Crippen LogP contribution in [0.5, 0.6) is 0 Å². The predicted octanol–water partition coefficient (Wildman–Crippen LogP) is 3.19. The first-order chi connectivity index (χ1) is 14.2. The minimum Gasteiger partial charge on any atom is -0.369 e. The highest BCUT2D eigenvalue weighted by molar-refractivity contribution is 7.92. The van der Waals surface area contributed by atoms with E-state index in [0.717, 1.165) is 29.5 Å². The molecular formula is C20H16F2N4O3S. The Morgan fingerprint density at radius 1 is 1.17 bits per heavy atom. The lowest BCUT2D eigenvalue weighted by Gasteiger charge is -2.13. The molecule has 2 aromatic heterocycles. The Morgan fingerprint density at radius 3 is 2.53 bits per heavy atom. The van der Waals surface area contributed by atoms with Crippen LogP contribution in [0, 0.1) is 11.6 Å². The fourth-order valence-electron chi connectivity index (χ4n) is 3.38. The molecule has 0 radical (unpaired) electrons. The molecular weight excluding hydrogens is 414 g/mol. The van der Waals surface area contributed by atoms with Gasteiger partial charge in [-0.3, -0.25) is 14.5 Å². The zero-order valence-corrected chi connectivity index (χ0v) is 16.5. The first-order valence-corrected chi connectivity index (χ1v) is 10.8. The minimum absolute atomic E-state index is 0.139. The zero-order chi connectivity index (χ0) is 21.5. The first kappa shape index (κ1) is 19.9. The van der Waals surface area contributed by atoms with Crippen LogP contribution in [-0.2, 0) is 10.0 Å². The van der Waals surface area contributed by atoms with Gasteiger partial charge in [-0.05, 0) is 24.3 Å². The molecule has 154 valence electrons. The quantitative estimate of drug-likeness (QED) is 0.603. The van der Waals surface area contributed by atoms with Crippen molar-refractivity contribution in [1.82, 2.24) is 9.97 Å². The average Bonchev–Trinajstić information content (AvgIpc) is 3.10. The number of nitrogens with one attached hydrogen (secondary N) is 2. The average molecular weight is 430 g/mol. The topological polar surface area (TPSA) is 101 Å². The Bertz CT molecular complexity index is 1230. The van der Waals surface area contributed by atoms with E-state index in [1.165, 1.54) is 0 Å². The number of carbonyl (C=O) groups is 1. The van der Waals surface area contributed by atoms with Gasteiger partial charge in [-0.25, -0.2) is 22.2 Å². The molecule has 0 bridgehead atoms. The Hall–Kier alpha value is -3.40. The number of hydrogen-bond acceptors (Lipinski definition) is 6. The highest BCUT2D eigenvalue weighted by atomic mass is 32.2. The number of benzene rings is 1. The van der Waals surface area contributed by atoms with Gasteiger partial charge in [0.1, 0.15) is 17.5 Å². The molecule has 1 unspecified atom stereocenters. The number of sulfonamides is 1. The third-order valence-corrected chi connectivity index (χ3v) is 5.28. The number of rotatable bonds is 5. The number of Topliss-reactive ketones (excluding diaryl/α,β-unsaturated/α-hetero) is 1. The third kappa shape index (κ3) is 3.86. The maximum atomic E-state index is 14.6. The number of nitrogens with zero attached hydrogens (tertiary/aromatic N) is 2. The van der Waals surface area contributed by atoms with E-state index < -0.39 is 38.9 Å². The molecule has 0 saturated carbocycles. The van der Waals surface area contributed by atoms with E-state index in [2.05, 4.69) is 15.3 Å². The lowest BCUT2D eigenvalue weighted by Crippen LogP contribution is -2.19. The fraction of sp³-hybridized carbons (Fsp3) is 0.150. The standard InChI is InChI=1S/C20H16F2N4O3S/c1-30(28,29)26-13-6-16(21)18(17(22)7-13)19(27)15-10-25-20-14(15)5-12(9-24-20)11-3-2-4-23-8-11/h2-9,15,26H,10H2,1H3,(H,24,25). The van der Waals surface area contributed by atoms with Crippen LogP contribution < -0.4 is 10.0 Å². The number of halogens is 2. The van der Waals surface area contributed by atoms with Crippen LogP contribution in [0.3, 0.4) is 0 Å². The maximum Gasteiger partial charge on any atom is 0.229 e. The number of ketones is 1. The number of anilines is 2. The number of aromatic nitrogens is 2. The molecule has 1 aromatic carbocycles. The van der Waals surface area contributed by atoms with Crippen molar-refractivity contribution in [3.8, 4) is 11.1 Å². The van der Waals surface area contributed by atoms with Gasteiger partial charge >= 0.3 is 0 Å². The van der Waals surface area contributed by atoms with Gasteiger partial charge in [-0.2, -0.15) is 0 Å². The van der Waals surface area contributed by atoms with E-state index >= 15 is 0 Å². The Morgan fingerprint density at radius 2 is 1.90 bits per heavy atom. The molecule has 1 aliphatic heterocycles. The molecule has 1 aliphatic rings. The van der Waals surface area contributed by atoms with Crippen LogP contribution in [0.15, 0.2) is 48.9 Å². The second-order valence-corrected chi connectivity index (χ2v) is 8.64. The van der Waals surface area contributed by atoms with Crippen LogP contribution in [0.1, 0.15) is 21.8 Å². The van der Waals surface area contributed by atoms with E-state index in [4.69, 9.17) is 0 Å². The first-order valence-electron chi connectivity index (χ1n) is 8.88. The molecule has 0 spiro atoms. The van der Waals surface area contributed by atoms with Crippen LogP contribution in [-0.4, -0.2) is 37.0 Å². The number of fused-ring (bicyclic) bond motifs is 1. The smallest absolute Gasteiger partial charge is 0.229 e. The molecule has 0 saturated heterocycles. The van der Waals surface area contributed by atoms with Gasteiger partial charge in [0.2, 0.25) is 10.0 Å². The van der Waals surface area contributed by atoms with Gasteiger partial charge in [0.05, 0.1) is 23.4 Å². The van der Waals surface area contributed by atoms with Crippen molar-refractivity contribution >= 4 is 27.3 Å². The molecule has 3 aromatic rings. The van der Waals surface area contributed by atoms with E-state index in [-0.39, 0.29) is 12.2 Å². The van der Waals surface area contributed by atoms with E-state index in [1.54, 1.807) is 30.7 Å². The van der Waals surface area contributed by atoms with Crippen molar-refractivity contribution in [2.24, 2.45) is 0 Å². The molecule has 0 fully saturated rings. The summed E-state index contributed by atoms with van der Waals surface area (Å²) >= 11 is 0. The molecule has 1 atom stereocenters. The Labute approximate surface area is 171 Å². The van der Waals surface area contributed by atoms with Gasteiger partial charge < -0.3 is 5.32 Å². The number of hydrogen-bond donors (Lipinski definition) is 2. The number of carbonyl (C=O) groups excluding carboxylic acids is 1. The van der Waals surface area contributed by atoms with Gasteiger partial charge in [-0.1, -0.05) is 6.07 Å². The lowest BCUT2D eigenvalue weighted by atomic mass is 9.91. The van der Waals surface area contributed by atoms with E-state index in [1.807, 2.05) is 10.8 Å². The van der Waals surface area contributed by atoms with Gasteiger partial charge in [0.25, 0.3) is 0 Å². The summed E-state index contributed by atoms with van der Waals surface area (Å²) < 4.78 is 53.7. The number of pyridine rings is 2. The summed E-state index contributed by atoms with van der Waals surface area (Å²) in [4.78, 5) is 21.4. The molecule has 10 heteroatoms. The third-order valence-electron chi connectivity index (χ3n) is 4.67. The fourth-order valence-corrected chi connectivity index (χ4v) is 3.93. The maximum absolute atomic E-state index is 14.6. The summed E-state index contributed by atoms with van der Waals surface area (Å²) in [5, 5.41) is 2.98. The summed E-state index contributed by atoms with van der Waals surface area (Å²) in [7, 11) is -3.72. The van der Waals surface area contributed by atoms with Crippen LogP contribution in [0.2, 0.25) is 0 Å². The van der Waals surface area contributed by atoms with Gasteiger partial charge in [-0.15, -0.1) is 0 Å². The van der Waals surface area contributed by atoms with Gasteiger partial charge in [0.15, 0.2) is 5.78 Å². The van der Waals surface area contributed by atoms with Crippen molar-refractivity contribution in [2.45, 2.75) is 5.92 Å². The van der Waals surface area contributed by atoms with Crippen LogP contribution in [0.25, 0.3) is 11.1 Å². The Balaban J connectivity index is 1.70. The van der Waals surface area contributed by atoms with Crippen molar-refractivity contribution in [3.05, 3.63) is 71.7 Å². The minimum atomic E-state index is -3.72. The predicted molar refractivity (Wildman–Crippen MR) is 108 cm³/mol. The molecule has 0 aliphatic carbocycles. The largest absolute Gasteiger partial charge is 0.369 e. The molecule has 30 heavy (non-hydrogen) atoms.